The van der Waals surface area contributed by atoms with Gasteiger partial charge >= 0.3 is 0 Å². The zero-order chi connectivity index (χ0) is 78.0. The van der Waals surface area contributed by atoms with E-state index in [1.54, 1.807) is 74.0 Å². The third kappa shape index (κ3) is 15.9. The van der Waals surface area contributed by atoms with Gasteiger partial charge in [-0.05, 0) is 131 Å². The van der Waals surface area contributed by atoms with E-state index >= 15 is 0 Å². The van der Waals surface area contributed by atoms with Crippen LogP contribution in [0, 0.1) is 0 Å². The van der Waals surface area contributed by atoms with Crippen LogP contribution in [0.25, 0.3) is 98.6 Å². The number of benzene rings is 8. The highest BCUT2D eigenvalue weighted by molar-refractivity contribution is 7.89. The monoisotopic (exact) mass is 1550 g/mol. The third-order valence-electron chi connectivity index (χ3n) is 19.5. The molecule has 1 aliphatic rings. The van der Waals surface area contributed by atoms with Crippen molar-refractivity contribution in [1.29, 1.82) is 0 Å². The van der Waals surface area contributed by atoms with Gasteiger partial charge in [-0.2, -0.15) is 12.7 Å². The van der Waals surface area contributed by atoms with E-state index in [-0.39, 0.29) is 17.2 Å². The second-order valence-electron chi connectivity index (χ2n) is 26.3. The van der Waals surface area contributed by atoms with Crippen molar-refractivity contribution in [2.24, 2.45) is 21.2 Å². The van der Waals surface area contributed by atoms with Crippen LogP contribution in [-0.2, 0) is 68.6 Å². The Bertz CT molecular complexity index is 6570. The first kappa shape index (κ1) is 75.6. The predicted molar refractivity (Wildman–Crippen MR) is 432 cm³/mol. The van der Waals surface area contributed by atoms with E-state index in [4.69, 9.17) is 54.3 Å². The van der Waals surface area contributed by atoms with E-state index in [1.807, 2.05) is 147 Å². The van der Waals surface area contributed by atoms with Gasteiger partial charge in [-0.25, -0.2) is 32.3 Å². The summed E-state index contributed by atoms with van der Waals surface area (Å²) >= 11 is 0. The molecule has 0 radical (unpaired) electrons. The number of ether oxygens (including phenoxy) is 7. The Kier molecular flexibility index (Phi) is 21.4. The Balaban J connectivity index is 0.000000124. The van der Waals surface area contributed by atoms with Gasteiger partial charge < -0.3 is 57.2 Å². The average molecular weight is 1550 g/mol. The Morgan fingerprint density at radius 3 is 1.24 bits per heavy atom. The smallest absolute Gasteiger partial charge is 0.277 e. The van der Waals surface area contributed by atoms with Crippen LogP contribution in [0.4, 0.5) is 0 Å². The molecule has 0 bridgehead atoms. The maximum absolute atomic E-state index is 11.8. The summed E-state index contributed by atoms with van der Waals surface area (Å²) in [5.74, 6) is 4.49. The van der Waals surface area contributed by atoms with Gasteiger partial charge in [-0.3, -0.25) is 19.9 Å². The molecular formula is C82H79N13O13S3. The number of rotatable bonds is 18. The maximum Gasteiger partial charge on any atom is 0.277 e. The van der Waals surface area contributed by atoms with E-state index < -0.39 is 30.3 Å². The van der Waals surface area contributed by atoms with Crippen LogP contribution in [0.15, 0.2) is 224 Å². The molecule has 29 heteroatoms. The molecule has 568 valence electrons. The fourth-order valence-electron chi connectivity index (χ4n) is 14.0. The van der Waals surface area contributed by atoms with Crippen molar-refractivity contribution in [3.8, 4) is 51.6 Å². The van der Waals surface area contributed by atoms with Crippen molar-refractivity contribution in [3.63, 3.8) is 0 Å². The zero-order valence-electron chi connectivity index (χ0n) is 61.6. The lowest BCUT2D eigenvalue weighted by Gasteiger charge is -2.26. The SMILES string of the molecule is COc1cc2ncc3ccn(-c4ccc(CN)cc4)c3c2cc1OC.COc1cc2ncc3ccn(-c4ccc5c(c4)CN(S(N)(=O)=O)CC5)c3c2cc1OC.COc1cc2ncc3ccn(Cc4ccc(CS(N)(=O)=O)cc4)c3c2cc1OC.COc1ccc2c(c1)ncc1ccn(Cc3ccc(S(N)(=O)=O)cc3)c12. The molecule has 8 N–H and O–H groups in total. The number of nitrogens with two attached hydrogens (primary N) is 4. The van der Waals surface area contributed by atoms with Crippen molar-refractivity contribution < 1.29 is 58.4 Å². The summed E-state index contributed by atoms with van der Waals surface area (Å²) in [5.41, 5.74) is 21.2. The number of primary sulfonamides is 2. The molecule has 111 heavy (non-hydrogen) atoms. The normalized spacial score (nSPS) is 12.5. The minimum atomic E-state index is -3.72. The highest BCUT2D eigenvalue weighted by Crippen LogP contribution is 2.40. The van der Waals surface area contributed by atoms with Gasteiger partial charge in [-0.15, -0.1) is 0 Å². The molecule has 0 saturated heterocycles. The number of hydrogen-bond donors (Lipinski definition) is 4. The predicted octanol–water partition coefficient (Wildman–Crippen LogP) is 12.3. The quantitative estimate of drug-likeness (QED) is 0.0620. The number of fused-ring (bicyclic) bond motifs is 13. The molecule has 0 fully saturated rings. The fourth-order valence-corrected chi connectivity index (χ4v) is 15.8. The molecule has 1 aliphatic heterocycles. The van der Waals surface area contributed by atoms with Crippen LogP contribution in [0.1, 0.15) is 33.4 Å². The lowest BCUT2D eigenvalue weighted by atomic mass is 10.0. The van der Waals surface area contributed by atoms with Crippen molar-refractivity contribution >= 4 is 117 Å². The molecule has 8 aromatic heterocycles. The van der Waals surface area contributed by atoms with Crippen LogP contribution in [-0.4, -0.2) is 124 Å². The highest BCUT2D eigenvalue weighted by Gasteiger charge is 2.25. The molecule has 0 atom stereocenters. The molecule has 0 unspecified atom stereocenters. The molecule has 0 spiro atoms. The molecule has 8 aromatic carbocycles. The Labute approximate surface area is 639 Å². The molecule has 17 rings (SSSR count). The summed E-state index contributed by atoms with van der Waals surface area (Å²) in [7, 11) is 0.384. The second-order valence-corrected chi connectivity index (χ2v) is 31.1. The van der Waals surface area contributed by atoms with Gasteiger partial charge in [0, 0.05) is 161 Å². The topological polar surface area (TPSA) is 346 Å². The van der Waals surface area contributed by atoms with Gasteiger partial charge in [0.25, 0.3) is 10.2 Å². The molecule has 16 aromatic rings. The van der Waals surface area contributed by atoms with Gasteiger partial charge in [0.1, 0.15) is 5.75 Å². The molecule has 26 nitrogen and oxygen atoms in total. The Morgan fingerprint density at radius 1 is 0.387 bits per heavy atom. The van der Waals surface area contributed by atoms with Gasteiger partial charge in [0.2, 0.25) is 20.0 Å². The fraction of sp³-hybridized carbons (Fsp3) is 0.171. The summed E-state index contributed by atoms with van der Waals surface area (Å²) in [6.07, 6.45) is 16.1. The molecular weight excluding hydrogens is 1470 g/mol. The minimum absolute atomic E-state index is 0.111. The number of aromatic nitrogens is 8. The molecule has 9 heterocycles. The standard InChI is InChI=1S/C22H22N4O4S.C21H21N3O4S.C20H19N3O2.C19H17N3O3S/c1-29-20-10-18-19(11-21(20)30-2)24-12-15-6-8-26(22(15)18)17-4-3-14-5-7-25(31(23,27)28)13-16(14)9-17;1-27-19-9-17-18(10-20(19)28-2)23-11-16-7-8-24(21(16)17)12-14-3-5-15(6-4-14)13-29(22,25)26;1-24-18-9-16-17(10-19(18)25-2)22-12-14-7-8-23(20(14)16)15-5-3-13(11-21)4-6-15;1-25-15-4-7-17-18(10-15)21-11-14-8-9-22(19(14)17)12-13-2-5-16(6-3-13)26(20,23)24/h3-4,6,8-12H,5,7,13H2,1-2H3,(H2,23,27,28);3-11H,12-13H2,1-2H3,(H2,22,25,26);3-10,12H,11,21H2,1-2H3;2-11H,12H2,1H3,(H2,20,23,24). The number of sulfonamides is 2. The van der Waals surface area contributed by atoms with Crippen LogP contribution in [0.3, 0.4) is 0 Å². The van der Waals surface area contributed by atoms with E-state index in [0.29, 0.717) is 72.7 Å². The Morgan fingerprint density at radius 2 is 0.793 bits per heavy atom. The third-order valence-corrected chi connectivity index (χ3v) is 22.2. The summed E-state index contributed by atoms with van der Waals surface area (Å²) in [6, 6.07) is 53.9. The molecule has 0 amide bonds. The zero-order valence-corrected chi connectivity index (χ0v) is 64.1. The van der Waals surface area contributed by atoms with Crippen LogP contribution in [0.2, 0.25) is 0 Å². The lowest BCUT2D eigenvalue weighted by molar-refractivity contribution is 0.356. The summed E-state index contributed by atoms with van der Waals surface area (Å²) < 4.78 is 117. The van der Waals surface area contributed by atoms with Gasteiger partial charge in [-0.1, -0.05) is 54.6 Å². The van der Waals surface area contributed by atoms with Crippen LogP contribution < -0.4 is 54.3 Å². The first-order chi connectivity index (χ1) is 53.5. The number of hydrogen-bond acceptors (Lipinski definition) is 18. The van der Waals surface area contributed by atoms with Crippen molar-refractivity contribution in [2.75, 3.05) is 56.3 Å². The number of pyridine rings is 4. The van der Waals surface area contributed by atoms with Crippen molar-refractivity contribution in [3.05, 3.63) is 253 Å². The van der Waals surface area contributed by atoms with Crippen molar-refractivity contribution in [1.82, 2.24) is 42.5 Å². The number of nitrogens with zero attached hydrogens (tertiary/aromatic N) is 9. The first-order valence-electron chi connectivity index (χ1n) is 34.8. The summed E-state index contributed by atoms with van der Waals surface area (Å²) in [4.78, 5) is 18.3. The largest absolute Gasteiger partial charge is 0.497 e. The van der Waals surface area contributed by atoms with E-state index in [1.165, 1.54) is 16.4 Å². The summed E-state index contributed by atoms with van der Waals surface area (Å²) in [5, 5.41) is 23.7. The van der Waals surface area contributed by atoms with Crippen LogP contribution >= 0.6 is 0 Å². The van der Waals surface area contributed by atoms with E-state index in [2.05, 4.69) is 74.7 Å². The van der Waals surface area contributed by atoms with Crippen LogP contribution in [0.5, 0.6) is 40.2 Å². The van der Waals surface area contributed by atoms with Crippen molar-refractivity contribution in [2.45, 2.75) is 43.2 Å². The van der Waals surface area contributed by atoms with E-state index in [9.17, 15) is 25.3 Å². The van der Waals surface area contributed by atoms with Gasteiger partial charge in [0.15, 0.2) is 34.5 Å². The second kappa shape index (κ2) is 31.4. The average Bonchev–Trinajstić information content (AvgIpc) is 1.68. The maximum atomic E-state index is 11.8. The Hall–Kier alpha value is -12.2. The minimum Gasteiger partial charge on any atom is -0.497 e. The number of methoxy groups -OCH3 is 7. The molecule has 0 saturated carbocycles. The van der Waals surface area contributed by atoms with Gasteiger partial charge in [0.05, 0.1) is 105 Å². The highest BCUT2D eigenvalue weighted by atomic mass is 32.2. The van der Waals surface area contributed by atoms with E-state index in [0.717, 1.165) is 132 Å². The first-order valence-corrected chi connectivity index (χ1v) is 39.6. The summed E-state index contributed by atoms with van der Waals surface area (Å²) in [6.45, 7) is 2.45. The lowest BCUT2D eigenvalue weighted by Crippen LogP contribution is -2.40. The molecule has 0 aliphatic carbocycles.